The first kappa shape index (κ1) is 14.8. The van der Waals surface area contributed by atoms with Crippen molar-refractivity contribution in [1.29, 1.82) is 0 Å². The zero-order chi connectivity index (χ0) is 15.4. The van der Waals surface area contributed by atoms with Crippen LogP contribution in [0.4, 0.5) is 5.69 Å². The number of aryl methyl sites for hydroxylation is 2. The summed E-state index contributed by atoms with van der Waals surface area (Å²) >= 11 is 0. The highest BCUT2D eigenvalue weighted by molar-refractivity contribution is 5.91. The van der Waals surface area contributed by atoms with Gasteiger partial charge < -0.3 is 10.6 Å². The summed E-state index contributed by atoms with van der Waals surface area (Å²) < 4.78 is 0. The Morgan fingerprint density at radius 1 is 1.14 bits per heavy atom. The molecule has 0 saturated carbocycles. The van der Waals surface area contributed by atoms with Gasteiger partial charge in [0.05, 0.1) is 0 Å². The zero-order valence-corrected chi connectivity index (χ0v) is 13.0. The molecule has 0 aliphatic heterocycles. The van der Waals surface area contributed by atoms with Gasteiger partial charge in [0, 0.05) is 11.3 Å². The second-order valence-electron chi connectivity index (χ2n) is 6.02. The molecule has 2 aromatic rings. The number of rotatable bonds is 5. The molecule has 1 atom stereocenters. The third-order valence-corrected chi connectivity index (χ3v) is 4.36. The predicted octanol–water partition coefficient (Wildman–Crippen LogP) is 2.44. The molecule has 0 heterocycles. The molecule has 22 heavy (non-hydrogen) atoms. The molecule has 114 valence electrons. The lowest BCUT2D eigenvalue weighted by atomic mass is 10.1. The van der Waals surface area contributed by atoms with E-state index < -0.39 is 0 Å². The maximum atomic E-state index is 12.1. The topological polar surface area (TPSA) is 45.7 Å². The second-order valence-corrected chi connectivity index (χ2v) is 6.02. The molecule has 1 aliphatic carbocycles. The van der Waals surface area contributed by atoms with Gasteiger partial charge in [0.2, 0.25) is 0 Å². The van der Waals surface area contributed by atoms with Crippen molar-refractivity contribution >= 4 is 11.6 Å². The van der Waals surface area contributed by atoms with E-state index in [-0.39, 0.29) is 11.9 Å². The molecular weight excluding hydrogens is 272 g/mol. The first-order valence-electron chi connectivity index (χ1n) is 8.02. The number of nitrogens with two attached hydrogens (primary N) is 1. The maximum Gasteiger partial charge on any atom is 0.279 e. The Morgan fingerprint density at radius 3 is 2.73 bits per heavy atom. The van der Waals surface area contributed by atoms with E-state index in [9.17, 15) is 4.79 Å². The number of amides is 1. The molecule has 0 radical (unpaired) electrons. The van der Waals surface area contributed by atoms with E-state index in [1.807, 2.05) is 24.3 Å². The van der Waals surface area contributed by atoms with Crippen LogP contribution in [0, 0.1) is 0 Å². The normalized spacial score (nSPS) is 14.4. The SMILES string of the molecule is C[C@@H]([NH2+]CC(=O)Nc1ccc2c(c1)CCC2)c1ccccc1. The first-order chi connectivity index (χ1) is 10.7. The quantitative estimate of drug-likeness (QED) is 0.874. The highest BCUT2D eigenvalue weighted by Crippen LogP contribution is 2.24. The lowest BCUT2D eigenvalue weighted by Gasteiger charge is -2.11. The van der Waals surface area contributed by atoms with Crippen LogP contribution in [-0.2, 0) is 17.6 Å². The molecule has 0 fully saturated rings. The monoisotopic (exact) mass is 295 g/mol. The van der Waals surface area contributed by atoms with Crippen LogP contribution in [0.3, 0.4) is 0 Å². The van der Waals surface area contributed by atoms with Gasteiger partial charge in [-0.3, -0.25) is 4.79 Å². The van der Waals surface area contributed by atoms with Gasteiger partial charge in [-0.15, -0.1) is 0 Å². The van der Waals surface area contributed by atoms with Crippen molar-refractivity contribution in [3.8, 4) is 0 Å². The Labute approximate surface area is 131 Å². The number of carbonyl (C=O) groups is 1. The van der Waals surface area contributed by atoms with Crippen molar-refractivity contribution in [3.63, 3.8) is 0 Å². The molecule has 3 N–H and O–H groups in total. The van der Waals surface area contributed by atoms with Gasteiger partial charge in [0.25, 0.3) is 5.91 Å². The average molecular weight is 295 g/mol. The summed E-state index contributed by atoms with van der Waals surface area (Å²) in [5.41, 5.74) is 4.99. The molecule has 1 aliphatic rings. The van der Waals surface area contributed by atoms with E-state index in [2.05, 4.69) is 41.8 Å². The van der Waals surface area contributed by atoms with Gasteiger partial charge in [0.1, 0.15) is 6.04 Å². The van der Waals surface area contributed by atoms with Crippen LogP contribution < -0.4 is 10.6 Å². The summed E-state index contributed by atoms with van der Waals surface area (Å²) in [6.45, 7) is 2.56. The van der Waals surface area contributed by atoms with Gasteiger partial charge in [-0.1, -0.05) is 36.4 Å². The first-order valence-corrected chi connectivity index (χ1v) is 8.02. The molecule has 3 nitrogen and oxygen atoms in total. The van der Waals surface area contributed by atoms with Crippen LogP contribution in [0.15, 0.2) is 48.5 Å². The minimum absolute atomic E-state index is 0.0562. The smallest absolute Gasteiger partial charge is 0.279 e. The van der Waals surface area contributed by atoms with E-state index in [0.717, 1.165) is 12.1 Å². The molecule has 0 aromatic heterocycles. The van der Waals surface area contributed by atoms with Gasteiger partial charge in [0.15, 0.2) is 6.54 Å². The molecular formula is C19H23N2O+. The zero-order valence-electron chi connectivity index (χ0n) is 13.0. The fourth-order valence-corrected chi connectivity index (χ4v) is 3.04. The van der Waals surface area contributed by atoms with E-state index in [1.165, 1.54) is 29.5 Å². The highest BCUT2D eigenvalue weighted by Gasteiger charge is 2.14. The molecule has 2 aromatic carbocycles. The molecule has 0 bridgehead atoms. The van der Waals surface area contributed by atoms with Crippen LogP contribution >= 0.6 is 0 Å². The van der Waals surface area contributed by atoms with Gasteiger partial charge >= 0.3 is 0 Å². The Morgan fingerprint density at radius 2 is 1.91 bits per heavy atom. The maximum absolute atomic E-state index is 12.1. The lowest BCUT2D eigenvalue weighted by molar-refractivity contribution is -0.682. The van der Waals surface area contributed by atoms with Crippen molar-refractivity contribution in [1.82, 2.24) is 0 Å². The fourth-order valence-electron chi connectivity index (χ4n) is 3.04. The molecule has 3 rings (SSSR count). The van der Waals surface area contributed by atoms with Crippen molar-refractivity contribution in [2.24, 2.45) is 0 Å². The van der Waals surface area contributed by atoms with E-state index in [0.29, 0.717) is 6.54 Å². The Balaban J connectivity index is 1.52. The minimum Gasteiger partial charge on any atom is -0.333 e. The Hall–Kier alpha value is -2.13. The van der Waals surface area contributed by atoms with Crippen LogP contribution in [0.2, 0.25) is 0 Å². The highest BCUT2D eigenvalue weighted by atomic mass is 16.1. The third-order valence-electron chi connectivity index (χ3n) is 4.36. The summed E-state index contributed by atoms with van der Waals surface area (Å²) in [4.78, 5) is 12.1. The average Bonchev–Trinajstić information content (AvgIpc) is 3.01. The predicted molar refractivity (Wildman–Crippen MR) is 88.7 cm³/mol. The number of fused-ring (bicyclic) bond motifs is 1. The Bertz CT molecular complexity index is 652. The van der Waals surface area contributed by atoms with Gasteiger partial charge in [-0.25, -0.2) is 0 Å². The minimum atomic E-state index is 0.0562. The second kappa shape index (κ2) is 6.75. The fraction of sp³-hybridized carbons (Fsp3) is 0.316. The van der Waals surface area contributed by atoms with Crippen LogP contribution in [-0.4, -0.2) is 12.5 Å². The van der Waals surface area contributed by atoms with Crippen molar-refractivity contribution < 1.29 is 10.1 Å². The van der Waals surface area contributed by atoms with Gasteiger partial charge in [-0.05, 0) is 49.4 Å². The van der Waals surface area contributed by atoms with Crippen molar-refractivity contribution in [3.05, 3.63) is 65.2 Å². The van der Waals surface area contributed by atoms with Crippen molar-refractivity contribution in [2.75, 3.05) is 11.9 Å². The summed E-state index contributed by atoms with van der Waals surface area (Å²) in [5, 5.41) is 5.08. The lowest BCUT2D eigenvalue weighted by Crippen LogP contribution is -2.86. The Kier molecular flexibility index (Phi) is 4.54. The number of hydrogen-bond donors (Lipinski definition) is 2. The standard InChI is InChI=1S/C19H22N2O/c1-14(15-6-3-2-4-7-15)20-13-19(22)21-18-11-10-16-8-5-9-17(16)12-18/h2-4,6-7,10-12,14,20H,5,8-9,13H2,1H3,(H,21,22)/p+1/t14-/m1/s1. The summed E-state index contributed by atoms with van der Waals surface area (Å²) in [6.07, 6.45) is 3.54. The van der Waals surface area contributed by atoms with Crippen LogP contribution in [0.5, 0.6) is 0 Å². The number of nitrogens with one attached hydrogen (secondary N) is 1. The molecule has 0 unspecified atom stereocenters. The third kappa shape index (κ3) is 3.55. The summed E-state index contributed by atoms with van der Waals surface area (Å²) in [7, 11) is 0. The molecule has 0 spiro atoms. The largest absolute Gasteiger partial charge is 0.333 e. The summed E-state index contributed by atoms with van der Waals surface area (Å²) in [6, 6.07) is 16.8. The number of quaternary nitrogens is 1. The van der Waals surface area contributed by atoms with Crippen LogP contribution in [0.1, 0.15) is 36.1 Å². The van der Waals surface area contributed by atoms with Crippen molar-refractivity contribution in [2.45, 2.75) is 32.2 Å². The van der Waals surface area contributed by atoms with E-state index in [4.69, 9.17) is 0 Å². The molecule has 1 amide bonds. The van der Waals surface area contributed by atoms with Gasteiger partial charge in [-0.2, -0.15) is 0 Å². The van der Waals surface area contributed by atoms with E-state index in [1.54, 1.807) is 0 Å². The van der Waals surface area contributed by atoms with E-state index >= 15 is 0 Å². The number of hydrogen-bond acceptors (Lipinski definition) is 1. The number of benzene rings is 2. The number of carbonyl (C=O) groups excluding carboxylic acids is 1. The molecule has 3 heteroatoms. The molecule has 0 saturated heterocycles. The summed E-state index contributed by atoms with van der Waals surface area (Å²) in [5.74, 6) is 0.0562. The number of anilines is 1. The van der Waals surface area contributed by atoms with Crippen LogP contribution in [0.25, 0.3) is 0 Å².